The summed E-state index contributed by atoms with van der Waals surface area (Å²) in [6.07, 6.45) is 0. The van der Waals surface area contributed by atoms with Crippen molar-refractivity contribution in [3.8, 4) is 17.5 Å². The Labute approximate surface area is 117 Å². The van der Waals surface area contributed by atoms with Crippen molar-refractivity contribution in [3.63, 3.8) is 0 Å². The normalized spacial score (nSPS) is 9.95. The molecule has 2 rings (SSSR count). The van der Waals surface area contributed by atoms with Crippen LogP contribution >= 0.6 is 0 Å². The minimum Gasteiger partial charge on any atom is -0.496 e. The van der Waals surface area contributed by atoms with Gasteiger partial charge in [-0.1, -0.05) is 18.2 Å². The molecule has 20 heavy (non-hydrogen) atoms. The maximum Gasteiger partial charge on any atom is 0.229 e. The van der Waals surface area contributed by atoms with Crippen molar-refractivity contribution in [1.82, 2.24) is 9.97 Å². The van der Waals surface area contributed by atoms with Crippen LogP contribution in [0.15, 0.2) is 30.3 Å². The van der Waals surface area contributed by atoms with Gasteiger partial charge in [-0.2, -0.15) is 9.97 Å². The molecule has 0 saturated heterocycles. The monoisotopic (exact) mass is 275 g/mol. The van der Waals surface area contributed by atoms with Crippen LogP contribution in [0, 0.1) is 0 Å². The van der Waals surface area contributed by atoms with Crippen LogP contribution in [-0.4, -0.2) is 31.3 Å². The van der Waals surface area contributed by atoms with Crippen LogP contribution in [0.1, 0.15) is 5.56 Å². The molecule has 0 unspecified atom stereocenters. The van der Waals surface area contributed by atoms with E-state index in [1.54, 1.807) is 27.4 Å². The summed E-state index contributed by atoms with van der Waals surface area (Å²) >= 11 is 0. The van der Waals surface area contributed by atoms with E-state index in [2.05, 4.69) is 15.3 Å². The molecule has 0 fully saturated rings. The Morgan fingerprint density at radius 1 is 0.950 bits per heavy atom. The van der Waals surface area contributed by atoms with E-state index in [1.807, 2.05) is 24.3 Å². The Balaban J connectivity index is 2.14. The van der Waals surface area contributed by atoms with E-state index >= 15 is 0 Å². The molecule has 6 nitrogen and oxygen atoms in total. The van der Waals surface area contributed by atoms with E-state index in [4.69, 9.17) is 14.2 Å². The number of ether oxygens (including phenoxy) is 3. The van der Waals surface area contributed by atoms with Crippen LogP contribution < -0.4 is 19.5 Å². The molecule has 0 saturated carbocycles. The average molecular weight is 275 g/mol. The Morgan fingerprint density at radius 3 is 2.20 bits per heavy atom. The predicted octanol–water partition coefficient (Wildman–Crippen LogP) is 2.11. The minimum atomic E-state index is 0.437. The standard InChI is InChI=1S/C14H17N3O3/c1-18-11-7-5-4-6-10(11)9-15-14-16-12(19-2)8-13(17-14)20-3/h4-8H,9H2,1-3H3,(H,15,16,17). The molecule has 0 aliphatic carbocycles. The van der Waals surface area contributed by atoms with E-state index in [9.17, 15) is 0 Å². The number of aromatic nitrogens is 2. The van der Waals surface area contributed by atoms with Crippen molar-refractivity contribution in [2.75, 3.05) is 26.6 Å². The zero-order valence-corrected chi connectivity index (χ0v) is 11.7. The Bertz CT molecular complexity index is 553. The Kier molecular flexibility index (Phi) is 4.60. The van der Waals surface area contributed by atoms with Gasteiger partial charge in [0, 0.05) is 12.1 Å². The smallest absolute Gasteiger partial charge is 0.229 e. The zero-order valence-electron chi connectivity index (χ0n) is 11.7. The molecule has 0 spiro atoms. The second kappa shape index (κ2) is 6.60. The largest absolute Gasteiger partial charge is 0.496 e. The van der Waals surface area contributed by atoms with Crippen molar-refractivity contribution in [3.05, 3.63) is 35.9 Å². The van der Waals surface area contributed by atoms with E-state index in [0.29, 0.717) is 24.3 Å². The number of benzene rings is 1. The van der Waals surface area contributed by atoms with Crippen molar-refractivity contribution < 1.29 is 14.2 Å². The molecular formula is C14H17N3O3. The number of anilines is 1. The molecule has 106 valence electrons. The zero-order chi connectivity index (χ0) is 14.4. The van der Waals surface area contributed by atoms with Gasteiger partial charge in [0.15, 0.2) is 0 Å². The quantitative estimate of drug-likeness (QED) is 0.871. The van der Waals surface area contributed by atoms with E-state index < -0.39 is 0 Å². The number of para-hydroxylation sites is 1. The van der Waals surface area contributed by atoms with E-state index in [0.717, 1.165) is 11.3 Å². The Hall–Kier alpha value is -2.50. The molecule has 1 heterocycles. The van der Waals surface area contributed by atoms with Crippen molar-refractivity contribution in [2.24, 2.45) is 0 Å². The predicted molar refractivity (Wildman–Crippen MR) is 75.5 cm³/mol. The maximum absolute atomic E-state index is 5.29. The fourth-order valence-corrected chi connectivity index (χ4v) is 1.72. The van der Waals surface area contributed by atoms with Crippen LogP contribution in [0.2, 0.25) is 0 Å². The molecule has 6 heteroatoms. The van der Waals surface area contributed by atoms with Crippen LogP contribution in [0.5, 0.6) is 17.5 Å². The number of nitrogens with one attached hydrogen (secondary N) is 1. The van der Waals surface area contributed by atoms with Gasteiger partial charge in [-0.15, -0.1) is 0 Å². The van der Waals surface area contributed by atoms with Gasteiger partial charge >= 0.3 is 0 Å². The summed E-state index contributed by atoms with van der Waals surface area (Å²) in [5, 5.41) is 3.12. The lowest BCUT2D eigenvalue weighted by Crippen LogP contribution is -2.06. The SMILES string of the molecule is COc1cc(OC)nc(NCc2ccccc2OC)n1. The Morgan fingerprint density at radius 2 is 1.60 bits per heavy atom. The van der Waals surface area contributed by atoms with Gasteiger partial charge in [-0.05, 0) is 6.07 Å². The summed E-state index contributed by atoms with van der Waals surface area (Å²) in [7, 11) is 4.74. The fraction of sp³-hybridized carbons (Fsp3) is 0.286. The molecule has 1 aromatic carbocycles. The lowest BCUT2D eigenvalue weighted by atomic mass is 10.2. The summed E-state index contributed by atoms with van der Waals surface area (Å²) in [4.78, 5) is 8.41. The van der Waals surface area contributed by atoms with Gasteiger partial charge < -0.3 is 19.5 Å². The van der Waals surface area contributed by atoms with Gasteiger partial charge in [0.25, 0.3) is 0 Å². The first-order chi connectivity index (χ1) is 9.76. The molecule has 0 aliphatic rings. The van der Waals surface area contributed by atoms with Gasteiger partial charge in [0.2, 0.25) is 17.7 Å². The number of methoxy groups -OCH3 is 3. The minimum absolute atomic E-state index is 0.437. The molecule has 0 radical (unpaired) electrons. The summed E-state index contributed by atoms with van der Waals surface area (Å²) in [5.41, 5.74) is 1.01. The summed E-state index contributed by atoms with van der Waals surface area (Å²) in [5.74, 6) is 2.14. The first-order valence-electron chi connectivity index (χ1n) is 6.09. The highest BCUT2D eigenvalue weighted by molar-refractivity contribution is 5.38. The first-order valence-corrected chi connectivity index (χ1v) is 6.09. The van der Waals surface area contributed by atoms with Crippen molar-refractivity contribution in [1.29, 1.82) is 0 Å². The lowest BCUT2D eigenvalue weighted by molar-refractivity contribution is 0.372. The number of hydrogen-bond acceptors (Lipinski definition) is 6. The number of nitrogens with zero attached hydrogens (tertiary/aromatic N) is 2. The van der Waals surface area contributed by atoms with E-state index in [-0.39, 0.29) is 0 Å². The second-order valence-electron chi connectivity index (χ2n) is 3.94. The maximum atomic E-state index is 5.29. The summed E-state index contributed by atoms with van der Waals surface area (Å²) in [6.45, 7) is 0.542. The topological polar surface area (TPSA) is 65.5 Å². The number of hydrogen-bond donors (Lipinski definition) is 1. The molecule has 0 amide bonds. The molecule has 0 atom stereocenters. The van der Waals surface area contributed by atoms with E-state index in [1.165, 1.54) is 0 Å². The molecule has 1 aromatic heterocycles. The third-order valence-corrected chi connectivity index (χ3v) is 2.73. The van der Waals surface area contributed by atoms with Crippen LogP contribution in [-0.2, 0) is 6.54 Å². The van der Waals surface area contributed by atoms with Gasteiger partial charge in [0.1, 0.15) is 5.75 Å². The highest BCUT2D eigenvalue weighted by Gasteiger charge is 2.06. The van der Waals surface area contributed by atoms with Crippen molar-refractivity contribution in [2.45, 2.75) is 6.54 Å². The van der Waals surface area contributed by atoms with Gasteiger partial charge in [-0.25, -0.2) is 0 Å². The highest BCUT2D eigenvalue weighted by atomic mass is 16.5. The van der Waals surface area contributed by atoms with Crippen LogP contribution in [0.4, 0.5) is 5.95 Å². The van der Waals surface area contributed by atoms with Crippen LogP contribution in [0.3, 0.4) is 0 Å². The highest BCUT2D eigenvalue weighted by Crippen LogP contribution is 2.20. The van der Waals surface area contributed by atoms with Crippen LogP contribution in [0.25, 0.3) is 0 Å². The third-order valence-electron chi connectivity index (χ3n) is 2.73. The molecule has 2 aromatic rings. The number of rotatable bonds is 6. The molecule has 0 bridgehead atoms. The summed E-state index contributed by atoms with van der Waals surface area (Å²) < 4.78 is 15.5. The fourth-order valence-electron chi connectivity index (χ4n) is 1.72. The van der Waals surface area contributed by atoms with Crippen molar-refractivity contribution >= 4 is 5.95 Å². The van der Waals surface area contributed by atoms with Gasteiger partial charge in [0.05, 0.1) is 27.4 Å². The third kappa shape index (κ3) is 3.28. The molecular weight excluding hydrogens is 258 g/mol. The average Bonchev–Trinajstić information content (AvgIpc) is 2.52. The lowest BCUT2D eigenvalue weighted by Gasteiger charge is -2.10. The van der Waals surface area contributed by atoms with Gasteiger partial charge in [-0.3, -0.25) is 0 Å². The first kappa shape index (κ1) is 13.9. The summed E-state index contributed by atoms with van der Waals surface area (Å²) in [6, 6.07) is 9.38. The second-order valence-corrected chi connectivity index (χ2v) is 3.94. The molecule has 0 aliphatic heterocycles. The molecule has 1 N–H and O–H groups in total.